The Labute approximate surface area is 126 Å². The van der Waals surface area contributed by atoms with Crippen LogP contribution >= 0.6 is 11.6 Å². The zero-order chi connectivity index (χ0) is 14.8. The SMILES string of the molecule is Cc1cccc(-c2nc(-c3ccccc3)c(Cl)c(=O)[nH]2)n1. The summed E-state index contributed by atoms with van der Waals surface area (Å²) in [5.41, 5.74) is 2.35. The number of pyridine rings is 1. The van der Waals surface area contributed by atoms with Crippen LogP contribution < -0.4 is 5.56 Å². The van der Waals surface area contributed by atoms with E-state index in [2.05, 4.69) is 15.0 Å². The number of rotatable bonds is 2. The third-order valence-corrected chi connectivity index (χ3v) is 3.39. The van der Waals surface area contributed by atoms with Crippen LogP contribution in [-0.4, -0.2) is 15.0 Å². The maximum atomic E-state index is 12.0. The van der Waals surface area contributed by atoms with Crippen molar-refractivity contribution >= 4 is 11.6 Å². The standard InChI is InChI=1S/C16H12ClN3O/c1-10-6-5-9-12(18-10)15-19-14(13(17)16(21)20-15)11-7-3-2-4-8-11/h2-9H,1H3,(H,19,20,21). The van der Waals surface area contributed by atoms with E-state index in [4.69, 9.17) is 11.6 Å². The molecule has 0 radical (unpaired) electrons. The van der Waals surface area contributed by atoms with Crippen molar-refractivity contribution < 1.29 is 0 Å². The highest BCUT2D eigenvalue weighted by molar-refractivity contribution is 6.32. The van der Waals surface area contributed by atoms with Gasteiger partial charge in [-0.3, -0.25) is 4.79 Å². The van der Waals surface area contributed by atoms with E-state index in [-0.39, 0.29) is 10.6 Å². The molecule has 1 aromatic carbocycles. The molecule has 0 aliphatic rings. The predicted octanol–water partition coefficient (Wildman–Crippen LogP) is 3.46. The van der Waals surface area contributed by atoms with Crippen molar-refractivity contribution in [2.75, 3.05) is 0 Å². The van der Waals surface area contributed by atoms with Crippen LogP contribution in [0.2, 0.25) is 5.02 Å². The van der Waals surface area contributed by atoms with Gasteiger partial charge in [-0.25, -0.2) is 9.97 Å². The molecule has 1 N–H and O–H groups in total. The molecule has 0 fully saturated rings. The lowest BCUT2D eigenvalue weighted by Gasteiger charge is -2.06. The summed E-state index contributed by atoms with van der Waals surface area (Å²) >= 11 is 6.09. The minimum Gasteiger partial charge on any atom is -0.304 e. The molecule has 0 spiro atoms. The van der Waals surface area contributed by atoms with Crippen LogP contribution in [0.5, 0.6) is 0 Å². The molecule has 0 aliphatic carbocycles. The highest BCUT2D eigenvalue weighted by Crippen LogP contribution is 2.24. The van der Waals surface area contributed by atoms with Crippen LogP contribution in [0, 0.1) is 6.92 Å². The maximum absolute atomic E-state index is 12.0. The summed E-state index contributed by atoms with van der Waals surface area (Å²) in [6, 6.07) is 14.9. The molecule has 0 saturated carbocycles. The topological polar surface area (TPSA) is 58.6 Å². The van der Waals surface area contributed by atoms with E-state index < -0.39 is 0 Å². The van der Waals surface area contributed by atoms with Crippen LogP contribution in [0.3, 0.4) is 0 Å². The first kappa shape index (κ1) is 13.5. The Hall–Kier alpha value is -2.46. The quantitative estimate of drug-likeness (QED) is 0.788. The van der Waals surface area contributed by atoms with Gasteiger partial charge in [0.25, 0.3) is 5.56 Å². The molecule has 0 amide bonds. The number of hydrogen-bond acceptors (Lipinski definition) is 3. The number of nitrogens with one attached hydrogen (secondary N) is 1. The van der Waals surface area contributed by atoms with Gasteiger partial charge in [-0.05, 0) is 19.1 Å². The molecule has 104 valence electrons. The molecular weight excluding hydrogens is 286 g/mol. The normalized spacial score (nSPS) is 10.6. The first-order valence-electron chi connectivity index (χ1n) is 6.44. The van der Waals surface area contributed by atoms with Crippen LogP contribution in [0.25, 0.3) is 22.8 Å². The van der Waals surface area contributed by atoms with Gasteiger partial charge in [0.1, 0.15) is 10.7 Å². The number of aryl methyl sites for hydroxylation is 1. The van der Waals surface area contributed by atoms with Crippen LogP contribution in [0.15, 0.2) is 53.3 Å². The molecule has 21 heavy (non-hydrogen) atoms. The van der Waals surface area contributed by atoms with Gasteiger partial charge < -0.3 is 4.98 Å². The molecule has 2 aromatic heterocycles. The Morgan fingerprint density at radius 3 is 2.48 bits per heavy atom. The first-order chi connectivity index (χ1) is 10.1. The second-order valence-corrected chi connectivity index (χ2v) is 4.99. The summed E-state index contributed by atoms with van der Waals surface area (Å²) in [6.45, 7) is 1.88. The van der Waals surface area contributed by atoms with Crippen molar-refractivity contribution in [1.29, 1.82) is 0 Å². The number of hydrogen-bond donors (Lipinski definition) is 1. The Bertz CT molecular complexity index is 844. The van der Waals surface area contributed by atoms with Crippen molar-refractivity contribution in [3.05, 3.63) is 69.6 Å². The Morgan fingerprint density at radius 1 is 1.00 bits per heavy atom. The lowest BCUT2D eigenvalue weighted by atomic mass is 10.1. The molecule has 5 heteroatoms. The largest absolute Gasteiger partial charge is 0.304 e. The second-order valence-electron chi connectivity index (χ2n) is 4.61. The van der Waals surface area contributed by atoms with Crippen LogP contribution in [-0.2, 0) is 0 Å². The minimum atomic E-state index is -0.371. The van der Waals surface area contributed by atoms with Gasteiger partial charge in [0.15, 0.2) is 5.82 Å². The van der Waals surface area contributed by atoms with E-state index in [0.717, 1.165) is 11.3 Å². The summed E-state index contributed by atoms with van der Waals surface area (Å²) in [6.07, 6.45) is 0. The summed E-state index contributed by atoms with van der Waals surface area (Å²) in [4.78, 5) is 23.5. The van der Waals surface area contributed by atoms with Crippen molar-refractivity contribution in [3.8, 4) is 22.8 Å². The number of H-pyrrole nitrogens is 1. The third kappa shape index (κ3) is 2.71. The highest BCUT2D eigenvalue weighted by Gasteiger charge is 2.13. The summed E-state index contributed by atoms with van der Waals surface area (Å²) in [7, 11) is 0. The fraction of sp³-hybridized carbons (Fsp3) is 0.0625. The van der Waals surface area contributed by atoms with Gasteiger partial charge in [-0.15, -0.1) is 0 Å². The molecule has 0 aliphatic heterocycles. The van der Waals surface area contributed by atoms with Crippen LogP contribution in [0.1, 0.15) is 5.69 Å². The molecular formula is C16H12ClN3O. The van der Waals surface area contributed by atoms with Crippen molar-refractivity contribution in [2.45, 2.75) is 6.92 Å². The van der Waals surface area contributed by atoms with E-state index in [1.54, 1.807) is 6.07 Å². The molecule has 0 bridgehead atoms. The Morgan fingerprint density at radius 2 is 1.76 bits per heavy atom. The monoisotopic (exact) mass is 297 g/mol. The average molecular weight is 298 g/mol. The van der Waals surface area contributed by atoms with Gasteiger partial charge in [-0.1, -0.05) is 48.0 Å². The summed E-state index contributed by atoms with van der Waals surface area (Å²) in [5.74, 6) is 0.409. The predicted molar refractivity (Wildman–Crippen MR) is 83.3 cm³/mol. The smallest absolute Gasteiger partial charge is 0.270 e. The summed E-state index contributed by atoms with van der Waals surface area (Å²) in [5, 5.41) is 0.0811. The first-order valence-corrected chi connectivity index (χ1v) is 6.82. The van der Waals surface area contributed by atoms with Crippen molar-refractivity contribution in [2.24, 2.45) is 0 Å². The number of aromatic nitrogens is 3. The van der Waals surface area contributed by atoms with E-state index in [1.807, 2.05) is 49.4 Å². The Kier molecular flexibility index (Phi) is 3.54. The van der Waals surface area contributed by atoms with Crippen LogP contribution in [0.4, 0.5) is 0 Å². The minimum absolute atomic E-state index is 0.0811. The molecule has 3 aromatic rings. The van der Waals surface area contributed by atoms with Gasteiger partial charge in [0.05, 0.1) is 5.69 Å². The highest BCUT2D eigenvalue weighted by atomic mass is 35.5. The van der Waals surface area contributed by atoms with E-state index >= 15 is 0 Å². The fourth-order valence-electron chi connectivity index (χ4n) is 2.04. The zero-order valence-corrected chi connectivity index (χ0v) is 12.1. The van der Waals surface area contributed by atoms with E-state index in [1.165, 1.54) is 0 Å². The molecule has 3 rings (SSSR count). The Balaban J connectivity index is 2.21. The zero-order valence-electron chi connectivity index (χ0n) is 11.3. The van der Waals surface area contributed by atoms with Gasteiger partial charge in [0.2, 0.25) is 0 Å². The van der Waals surface area contributed by atoms with Gasteiger partial charge in [0, 0.05) is 11.3 Å². The lowest BCUT2D eigenvalue weighted by molar-refractivity contribution is 1.09. The number of benzene rings is 1. The molecule has 0 unspecified atom stereocenters. The molecule has 0 saturated heterocycles. The molecule has 0 atom stereocenters. The fourth-order valence-corrected chi connectivity index (χ4v) is 2.24. The average Bonchev–Trinajstić information content (AvgIpc) is 2.51. The van der Waals surface area contributed by atoms with Gasteiger partial charge in [-0.2, -0.15) is 0 Å². The number of nitrogens with zero attached hydrogens (tertiary/aromatic N) is 2. The van der Waals surface area contributed by atoms with Crippen molar-refractivity contribution in [1.82, 2.24) is 15.0 Å². The van der Waals surface area contributed by atoms with E-state index in [9.17, 15) is 4.79 Å². The molecule has 2 heterocycles. The van der Waals surface area contributed by atoms with Gasteiger partial charge >= 0.3 is 0 Å². The maximum Gasteiger partial charge on any atom is 0.270 e. The third-order valence-electron chi connectivity index (χ3n) is 3.04. The number of aromatic amines is 1. The molecule has 4 nitrogen and oxygen atoms in total. The van der Waals surface area contributed by atoms with E-state index in [0.29, 0.717) is 17.2 Å². The lowest BCUT2D eigenvalue weighted by Crippen LogP contribution is -2.12. The number of halogens is 1. The second kappa shape index (κ2) is 5.50. The summed E-state index contributed by atoms with van der Waals surface area (Å²) < 4.78 is 0. The van der Waals surface area contributed by atoms with Crippen molar-refractivity contribution in [3.63, 3.8) is 0 Å².